The van der Waals surface area contributed by atoms with Gasteiger partial charge in [-0.3, -0.25) is 4.79 Å². The van der Waals surface area contributed by atoms with Crippen LogP contribution in [-0.4, -0.2) is 42.3 Å². The molecule has 0 atom stereocenters. The van der Waals surface area contributed by atoms with Crippen LogP contribution in [0.3, 0.4) is 0 Å². The summed E-state index contributed by atoms with van der Waals surface area (Å²) >= 11 is 0. The molecule has 0 bridgehead atoms. The van der Waals surface area contributed by atoms with Crippen molar-refractivity contribution in [1.82, 2.24) is 4.90 Å². The van der Waals surface area contributed by atoms with Crippen LogP contribution in [0.1, 0.15) is 25.7 Å². The summed E-state index contributed by atoms with van der Waals surface area (Å²) in [7, 11) is 1.33. The van der Waals surface area contributed by atoms with Crippen LogP contribution < -0.4 is 0 Å². The van der Waals surface area contributed by atoms with Gasteiger partial charge in [0.15, 0.2) is 0 Å². The Balaban J connectivity index is 2.64. The van der Waals surface area contributed by atoms with Crippen molar-refractivity contribution in [2.24, 2.45) is 5.41 Å². The topological polar surface area (TPSA) is 66.8 Å². The zero-order valence-corrected chi connectivity index (χ0v) is 10.1. The lowest BCUT2D eigenvalue weighted by atomic mass is 9.75. The average molecular weight is 241 g/mol. The van der Waals surface area contributed by atoms with Gasteiger partial charge < -0.3 is 14.7 Å². The fourth-order valence-electron chi connectivity index (χ4n) is 2.20. The van der Waals surface area contributed by atoms with Crippen LogP contribution in [-0.2, 0) is 9.53 Å². The second-order valence-corrected chi connectivity index (χ2v) is 4.37. The summed E-state index contributed by atoms with van der Waals surface area (Å²) in [4.78, 5) is 24.2. The third-order valence-electron chi connectivity index (χ3n) is 3.43. The Hall–Kier alpha value is -1.52. The Morgan fingerprint density at radius 2 is 2.06 bits per heavy atom. The van der Waals surface area contributed by atoms with Crippen LogP contribution in [0, 0.1) is 5.41 Å². The number of carboxylic acid groups (broad SMARTS) is 1. The molecule has 0 unspecified atom stereocenters. The minimum absolute atomic E-state index is 0.382. The number of carboxylic acids is 1. The smallest absolute Gasteiger partial charge is 0.409 e. The molecule has 1 rings (SSSR count). The number of hydrogen-bond donors (Lipinski definition) is 1. The van der Waals surface area contributed by atoms with E-state index in [0.29, 0.717) is 38.8 Å². The van der Waals surface area contributed by atoms with Crippen molar-refractivity contribution in [3.05, 3.63) is 12.7 Å². The van der Waals surface area contributed by atoms with Crippen LogP contribution >= 0.6 is 0 Å². The van der Waals surface area contributed by atoms with Gasteiger partial charge in [-0.15, -0.1) is 6.58 Å². The van der Waals surface area contributed by atoms with Crippen molar-refractivity contribution >= 4 is 12.1 Å². The fraction of sp³-hybridized carbons (Fsp3) is 0.667. The van der Waals surface area contributed by atoms with Gasteiger partial charge >= 0.3 is 12.1 Å². The molecular formula is C12H19NO4. The van der Waals surface area contributed by atoms with E-state index in [-0.39, 0.29) is 6.09 Å². The van der Waals surface area contributed by atoms with Crippen LogP contribution in [0.2, 0.25) is 0 Å². The van der Waals surface area contributed by atoms with E-state index < -0.39 is 11.4 Å². The molecule has 0 aromatic rings. The number of carbonyl (C=O) groups excluding carboxylic acids is 1. The van der Waals surface area contributed by atoms with Crippen LogP contribution in [0.25, 0.3) is 0 Å². The average Bonchev–Trinajstić information content (AvgIpc) is 2.35. The lowest BCUT2D eigenvalue weighted by Gasteiger charge is -2.38. The number of carbonyl (C=O) groups is 2. The zero-order valence-electron chi connectivity index (χ0n) is 10.1. The minimum atomic E-state index is -0.774. The van der Waals surface area contributed by atoms with E-state index in [1.54, 1.807) is 11.0 Å². The van der Waals surface area contributed by atoms with Gasteiger partial charge in [0, 0.05) is 13.1 Å². The molecule has 17 heavy (non-hydrogen) atoms. The van der Waals surface area contributed by atoms with Gasteiger partial charge in [0.25, 0.3) is 0 Å². The number of methoxy groups -OCH3 is 1. The molecule has 5 heteroatoms. The van der Waals surface area contributed by atoms with Crippen LogP contribution in [0.5, 0.6) is 0 Å². The first-order chi connectivity index (χ1) is 8.05. The molecule has 1 amide bonds. The Kier molecular flexibility index (Phi) is 4.54. The van der Waals surface area contributed by atoms with Gasteiger partial charge in [0.2, 0.25) is 0 Å². The number of nitrogens with zero attached hydrogens (tertiary/aromatic N) is 1. The second kappa shape index (κ2) is 5.70. The van der Waals surface area contributed by atoms with Gasteiger partial charge in [-0.1, -0.05) is 6.08 Å². The maximum absolute atomic E-state index is 11.4. The van der Waals surface area contributed by atoms with Crippen LogP contribution in [0.4, 0.5) is 4.79 Å². The number of allylic oxidation sites excluding steroid dienone is 1. The lowest BCUT2D eigenvalue weighted by Crippen LogP contribution is -2.46. The molecule has 1 aliphatic heterocycles. The van der Waals surface area contributed by atoms with E-state index in [1.165, 1.54) is 7.11 Å². The molecule has 0 saturated carbocycles. The number of piperidine rings is 1. The summed E-state index contributed by atoms with van der Waals surface area (Å²) < 4.78 is 4.62. The van der Waals surface area contributed by atoms with Gasteiger partial charge in [-0.05, 0) is 25.7 Å². The van der Waals surface area contributed by atoms with E-state index >= 15 is 0 Å². The van der Waals surface area contributed by atoms with Gasteiger partial charge in [-0.25, -0.2) is 4.79 Å². The summed E-state index contributed by atoms with van der Waals surface area (Å²) in [5, 5.41) is 9.33. The van der Waals surface area contributed by atoms with Crippen molar-refractivity contribution in [2.45, 2.75) is 25.7 Å². The molecule has 96 valence electrons. The predicted molar refractivity (Wildman–Crippen MR) is 62.7 cm³/mol. The van der Waals surface area contributed by atoms with Crippen molar-refractivity contribution in [2.75, 3.05) is 20.2 Å². The number of rotatable bonds is 4. The Morgan fingerprint density at radius 3 is 2.47 bits per heavy atom. The first-order valence-electron chi connectivity index (χ1n) is 5.73. The lowest BCUT2D eigenvalue weighted by molar-refractivity contribution is -0.152. The molecule has 1 saturated heterocycles. The third-order valence-corrected chi connectivity index (χ3v) is 3.43. The van der Waals surface area contributed by atoms with Crippen molar-refractivity contribution in [3.8, 4) is 0 Å². The summed E-state index contributed by atoms with van der Waals surface area (Å²) in [6, 6.07) is 0. The highest BCUT2D eigenvalue weighted by atomic mass is 16.5. The normalized spacial score (nSPS) is 18.5. The summed E-state index contributed by atoms with van der Waals surface area (Å²) in [6.07, 6.45) is 3.58. The molecule has 1 N–H and O–H groups in total. The van der Waals surface area contributed by atoms with Gasteiger partial charge in [0.05, 0.1) is 12.5 Å². The maximum atomic E-state index is 11.4. The fourth-order valence-corrected chi connectivity index (χ4v) is 2.20. The number of likely N-dealkylation sites (tertiary alicyclic amines) is 1. The molecule has 1 fully saturated rings. The highest BCUT2D eigenvalue weighted by Crippen LogP contribution is 2.36. The standard InChI is InChI=1S/C12H19NO4/c1-3-4-5-12(10(14)15)6-8-13(9-7-12)11(16)17-2/h3H,1,4-9H2,2H3,(H,14,15). The van der Waals surface area contributed by atoms with Crippen molar-refractivity contribution in [3.63, 3.8) is 0 Å². The van der Waals surface area contributed by atoms with E-state index in [2.05, 4.69) is 11.3 Å². The maximum Gasteiger partial charge on any atom is 0.409 e. The van der Waals surface area contributed by atoms with E-state index in [4.69, 9.17) is 0 Å². The highest BCUT2D eigenvalue weighted by molar-refractivity contribution is 5.75. The Bertz CT molecular complexity index is 306. The number of ether oxygens (including phenoxy) is 1. The quantitative estimate of drug-likeness (QED) is 0.763. The predicted octanol–water partition coefficient (Wildman–Crippen LogP) is 1.89. The van der Waals surface area contributed by atoms with Crippen LogP contribution in [0.15, 0.2) is 12.7 Å². The Labute approximate surface area is 101 Å². The van der Waals surface area contributed by atoms with E-state index in [9.17, 15) is 14.7 Å². The number of amides is 1. The number of aliphatic carboxylic acids is 1. The van der Waals surface area contributed by atoms with E-state index in [0.717, 1.165) is 0 Å². The summed E-state index contributed by atoms with van der Waals surface area (Å²) in [6.45, 7) is 4.50. The summed E-state index contributed by atoms with van der Waals surface area (Å²) in [5.41, 5.74) is -0.710. The van der Waals surface area contributed by atoms with Gasteiger partial charge in [-0.2, -0.15) is 0 Å². The molecule has 5 nitrogen and oxygen atoms in total. The van der Waals surface area contributed by atoms with Crippen molar-refractivity contribution in [1.29, 1.82) is 0 Å². The molecule has 1 heterocycles. The SMILES string of the molecule is C=CCCC1(C(=O)O)CCN(C(=O)OC)CC1. The molecular weight excluding hydrogens is 222 g/mol. The molecule has 0 radical (unpaired) electrons. The molecule has 0 aromatic carbocycles. The second-order valence-electron chi connectivity index (χ2n) is 4.37. The molecule has 1 aliphatic rings. The summed E-state index contributed by atoms with van der Waals surface area (Å²) in [5.74, 6) is -0.774. The molecule has 0 aliphatic carbocycles. The third kappa shape index (κ3) is 2.99. The monoisotopic (exact) mass is 241 g/mol. The van der Waals surface area contributed by atoms with Crippen molar-refractivity contribution < 1.29 is 19.4 Å². The Morgan fingerprint density at radius 1 is 1.47 bits per heavy atom. The minimum Gasteiger partial charge on any atom is -0.481 e. The highest BCUT2D eigenvalue weighted by Gasteiger charge is 2.41. The van der Waals surface area contributed by atoms with Gasteiger partial charge in [0.1, 0.15) is 0 Å². The van der Waals surface area contributed by atoms with E-state index in [1.807, 2.05) is 0 Å². The zero-order chi connectivity index (χ0) is 12.9. The molecule has 0 spiro atoms. The first-order valence-corrected chi connectivity index (χ1v) is 5.73. The largest absolute Gasteiger partial charge is 0.481 e. The first kappa shape index (κ1) is 13.5. The number of hydrogen-bond acceptors (Lipinski definition) is 3. The molecule has 0 aromatic heterocycles.